The predicted octanol–water partition coefficient (Wildman–Crippen LogP) is 1.80. The molecule has 25 heavy (non-hydrogen) atoms. The average molecular weight is 361 g/mol. The highest BCUT2D eigenvalue weighted by Gasteiger charge is 2.06. The van der Waals surface area contributed by atoms with Crippen molar-refractivity contribution in [3.8, 4) is 0 Å². The van der Waals surface area contributed by atoms with E-state index in [2.05, 4.69) is 10.3 Å². The molecule has 0 bridgehead atoms. The largest absolute Gasteiger partial charge is 0.356 e. The fraction of sp³-hybridized carbons (Fsp3) is 0.333. The fourth-order valence-electron chi connectivity index (χ4n) is 2.45. The van der Waals surface area contributed by atoms with Crippen LogP contribution < -0.4 is 10.5 Å². The van der Waals surface area contributed by atoms with E-state index in [0.717, 1.165) is 36.8 Å². The minimum Gasteiger partial charge on any atom is -0.356 e. The molecule has 0 unspecified atom stereocenters. The van der Waals surface area contributed by atoms with Crippen molar-refractivity contribution >= 4 is 15.9 Å². The van der Waals surface area contributed by atoms with Crippen LogP contribution >= 0.6 is 0 Å². The van der Waals surface area contributed by atoms with Crippen LogP contribution in [0.4, 0.5) is 0 Å². The Morgan fingerprint density at radius 2 is 1.76 bits per heavy atom. The third kappa shape index (κ3) is 7.03. The number of primary sulfonamides is 1. The molecule has 0 atom stereocenters. The van der Waals surface area contributed by atoms with E-state index >= 15 is 0 Å². The van der Waals surface area contributed by atoms with E-state index in [1.54, 1.807) is 18.3 Å². The molecule has 1 aromatic carbocycles. The Bertz CT molecular complexity index is 775. The molecule has 0 spiro atoms. The molecule has 0 saturated carbocycles. The van der Waals surface area contributed by atoms with E-state index in [0.29, 0.717) is 13.0 Å². The number of aromatic nitrogens is 1. The van der Waals surface area contributed by atoms with E-state index < -0.39 is 10.0 Å². The molecule has 0 aliphatic heterocycles. The monoisotopic (exact) mass is 361 g/mol. The summed E-state index contributed by atoms with van der Waals surface area (Å²) in [5.74, 6) is 0.0495. The van der Waals surface area contributed by atoms with Crippen molar-refractivity contribution in [2.24, 2.45) is 5.14 Å². The Kier molecular flexibility index (Phi) is 7.09. The molecule has 134 valence electrons. The highest BCUT2D eigenvalue weighted by atomic mass is 32.2. The first-order valence-corrected chi connectivity index (χ1v) is 9.77. The Labute approximate surface area is 148 Å². The maximum Gasteiger partial charge on any atom is 0.238 e. The van der Waals surface area contributed by atoms with E-state index in [9.17, 15) is 13.2 Å². The van der Waals surface area contributed by atoms with E-state index in [-0.39, 0.29) is 10.8 Å². The Morgan fingerprint density at radius 3 is 2.40 bits per heavy atom. The lowest BCUT2D eigenvalue weighted by molar-refractivity contribution is -0.121. The third-order valence-electron chi connectivity index (χ3n) is 3.81. The number of pyridine rings is 1. The second-order valence-electron chi connectivity index (χ2n) is 5.86. The molecule has 6 nitrogen and oxygen atoms in total. The first kappa shape index (κ1) is 19.1. The van der Waals surface area contributed by atoms with Gasteiger partial charge in [0.25, 0.3) is 0 Å². The number of carbonyl (C=O) groups is 1. The summed E-state index contributed by atoms with van der Waals surface area (Å²) in [6.07, 6.45) is 7.25. The van der Waals surface area contributed by atoms with Gasteiger partial charge in [0.15, 0.2) is 0 Å². The molecule has 1 aromatic heterocycles. The lowest BCUT2D eigenvalue weighted by Crippen LogP contribution is -2.24. The number of rotatable bonds is 9. The average Bonchev–Trinajstić information content (AvgIpc) is 2.59. The number of hydrogen-bond acceptors (Lipinski definition) is 4. The Morgan fingerprint density at radius 1 is 1.04 bits per heavy atom. The van der Waals surface area contributed by atoms with Crippen molar-refractivity contribution in [1.29, 1.82) is 0 Å². The quantitative estimate of drug-likeness (QED) is 0.665. The zero-order chi connectivity index (χ0) is 18.1. The van der Waals surface area contributed by atoms with Crippen LogP contribution in [0.5, 0.6) is 0 Å². The lowest BCUT2D eigenvalue weighted by Gasteiger charge is -2.06. The van der Waals surface area contributed by atoms with Crippen molar-refractivity contribution < 1.29 is 13.2 Å². The van der Waals surface area contributed by atoms with Crippen molar-refractivity contribution in [1.82, 2.24) is 10.3 Å². The molecule has 2 rings (SSSR count). The lowest BCUT2D eigenvalue weighted by atomic mass is 10.1. The highest BCUT2D eigenvalue weighted by molar-refractivity contribution is 7.89. The normalized spacial score (nSPS) is 11.2. The van der Waals surface area contributed by atoms with Gasteiger partial charge in [-0.15, -0.1) is 0 Å². The second kappa shape index (κ2) is 9.29. The molecule has 0 saturated heterocycles. The van der Waals surface area contributed by atoms with E-state index in [1.165, 1.54) is 12.1 Å². The van der Waals surface area contributed by atoms with Gasteiger partial charge in [0.1, 0.15) is 0 Å². The maximum atomic E-state index is 11.8. The van der Waals surface area contributed by atoms with Crippen LogP contribution in [0, 0.1) is 0 Å². The molecule has 0 aliphatic rings. The van der Waals surface area contributed by atoms with Crippen LogP contribution in [0.2, 0.25) is 0 Å². The van der Waals surface area contributed by atoms with E-state index in [1.807, 2.05) is 18.3 Å². The van der Waals surface area contributed by atoms with E-state index in [4.69, 9.17) is 5.14 Å². The van der Waals surface area contributed by atoms with Crippen molar-refractivity contribution in [3.63, 3.8) is 0 Å². The van der Waals surface area contributed by atoms with Gasteiger partial charge in [0.05, 0.1) is 4.90 Å². The van der Waals surface area contributed by atoms with Crippen LogP contribution in [0.1, 0.15) is 30.4 Å². The number of nitrogens with zero attached hydrogens (tertiary/aromatic N) is 1. The summed E-state index contributed by atoms with van der Waals surface area (Å²) in [5, 5.41) is 7.96. The first-order chi connectivity index (χ1) is 11.9. The fourth-order valence-corrected chi connectivity index (χ4v) is 2.97. The minimum absolute atomic E-state index is 0.0495. The second-order valence-corrected chi connectivity index (χ2v) is 7.42. The summed E-state index contributed by atoms with van der Waals surface area (Å²) >= 11 is 0. The van der Waals surface area contributed by atoms with Gasteiger partial charge in [-0.1, -0.05) is 18.2 Å². The molecule has 1 heterocycles. The number of hydrogen-bond donors (Lipinski definition) is 2. The maximum absolute atomic E-state index is 11.8. The molecule has 0 aliphatic carbocycles. The third-order valence-corrected chi connectivity index (χ3v) is 4.74. The summed E-state index contributed by atoms with van der Waals surface area (Å²) in [4.78, 5) is 16.0. The van der Waals surface area contributed by atoms with Crippen LogP contribution in [-0.4, -0.2) is 25.9 Å². The van der Waals surface area contributed by atoms with Gasteiger partial charge in [0, 0.05) is 25.4 Å². The summed E-state index contributed by atoms with van der Waals surface area (Å²) in [6, 6.07) is 10.4. The van der Waals surface area contributed by atoms with Crippen molar-refractivity contribution in [2.45, 2.75) is 37.0 Å². The zero-order valence-electron chi connectivity index (χ0n) is 14.0. The van der Waals surface area contributed by atoms with Gasteiger partial charge in [-0.3, -0.25) is 9.78 Å². The van der Waals surface area contributed by atoms with Crippen LogP contribution in [0.15, 0.2) is 53.7 Å². The van der Waals surface area contributed by atoms with Crippen molar-refractivity contribution in [3.05, 3.63) is 59.9 Å². The summed E-state index contributed by atoms with van der Waals surface area (Å²) in [5.41, 5.74) is 2.15. The molecule has 1 amide bonds. The Hall–Kier alpha value is -2.25. The van der Waals surface area contributed by atoms with Gasteiger partial charge in [0.2, 0.25) is 15.9 Å². The van der Waals surface area contributed by atoms with Crippen LogP contribution in [0.3, 0.4) is 0 Å². The SMILES string of the molecule is NS(=O)(=O)c1ccc(CCCNC(=O)CCCc2cccnc2)cc1. The molecule has 0 radical (unpaired) electrons. The number of benzene rings is 1. The van der Waals surface area contributed by atoms with Gasteiger partial charge in [-0.25, -0.2) is 13.6 Å². The first-order valence-electron chi connectivity index (χ1n) is 8.22. The number of nitrogens with two attached hydrogens (primary N) is 1. The number of carbonyl (C=O) groups excluding carboxylic acids is 1. The molecule has 3 N–H and O–H groups in total. The number of aryl methyl sites for hydroxylation is 2. The molecular weight excluding hydrogens is 338 g/mol. The van der Waals surface area contributed by atoms with Crippen LogP contribution in [-0.2, 0) is 27.7 Å². The summed E-state index contributed by atoms with van der Waals surface area (Å²) in [7, 11) is -3.65. The number of amides is 1. The summed E-state index contributed by atoms with van der Waals surface area (Å²) < 4.78 is 22.4. The molecule has 0 fully saturated rings. The minimum atomic E-state index is -3.65. The van der Waals surface area contributed by atoms with Gasteiger partial charge >= 0.3 is 0 Å². The van der Waals surface area contributed by atoms with Gasteiger partial charge in [-0.05, 0) is 55.0 Å². The predicted molar refractivity (Wildman–Crippen MR) is 96.3 cm³/mol. The number of nitrogens with one attached hydrogen (secondary N) is 1. The number of sulfonamides is 1. The zero-order valence-corrected chi connectivity index (χ0v) is 14.8. The Balaban J connectivity index is 1.61. The molecule has 7 heteroatoms. The van der Waals surface area contributed by atoms with Crippen LogP contribution in [0.25, 0.3) is 0 Å². The standard InChI is InChI=1S/C18H23N3O3S/c19-25(23,24)17-10-8-15(9-11-17)5-3-13-21-18(22)7-1-4-16-6-2-12-20-14-16/h2,6,8-12,14H,1,3-5,7,13H2,(H,21,22)(H2,19,23,24). The molecular formula is C18H23N3O3S. The smallest absolute Gasteiger partial charge is 0.238 e. The highest BCUT2D eigenvalue weighted by Crippen LogP contribution is 2.10. The summed E-state index contributed by atoms with van der Waals surface area (Å²) in [6.45, 7) is 0.600. The van der Waals surface area contributed by atoms with Crippen molar-refractivity contribution in [2.75, 3.05) is 6.54 Å². The van der Waals surface area contributed by atoms with Gasteiger partial charge in [-0.2, -0.15) is 0 Å². The van der Waals surface area contributed by atoms with Gasteiger partial charge < -0.3 is 5.32 Å². The molecule has 2 aromatic rings. The topological polar surface area (TPSA) is 102 Å².